The number of hydrogen-bond donors (Lipinski definition) is 0. The lowest BCUT2D eigenvalue weighted by Crippen LogP contribution is -2.29. The topological polar surface area (TPSA) is 39.4 Å². The molecule has 2 aromatic heterocycles. The molecule has 3 heterocycles. The Morgan fingerprint density at radius 3 is 1.67 bits per heavy atom. The first-order valence-electron chi connectivity index (χ1n) is 14.3. The maximum atomic E-state index is 13.8. The third kappa shape index (κ3) is 3.30. The fourth-order valence-corrected chi connectivity index (χ4v) is 6.97. The predicted octanol–water partition coefficient (Wildman–Crippen LogP) is 8.63. The van der Waals surface area contributed by atoms with E-state index in [9.17, 15) is 4.79 Å². The van der Waals surface area contributed by atoms with Crippen LogP contribution in [0.5, 0.6) is 0 Å². The summed E-state index contributed by atoms with van der Waals surface area (Å²) in [5.41, 5.74) is 7.25. The Morgan fingerprint density at radius 1 is 0.651 bits per heavy atom. The molecule has 0 aliphatic carbocycles. The van der Waals surface area contributed by atoms with Crippen LogP contribution in [0.15, 0.2) is 116 Å². The summed E-state index contributed by atoms with van der Waals surface area (Å²) < 4.78 is 10.8. The van der Waals surface area contributed by atoms with Crippen molar-refractivity contribution >= 4 is 67.7 Å². The van der Waals surface area contributed by atoms with Crippen LogP contribution < -0.4 is 4.90 Å². The molecular weight excluding hydrogens is 530 g/mol. The van der Waals surface area contributed by atoms with Gasteiger partial charge in [-0.15, -0.1) is 0 Å². The molecule has 0 amide bonds. The SMILES string of the molecule is C=Cn1c2ccccc2c2cc(C3(c4ccc5c(c4)c4ccccc4n5C=C)OC(=O)c4cc(N(C)C)ccc43)ccc21. The van der Waals surface area contributed by atoms with Crippen molar-refractivity contribution in [3.63, 3.8) is 0 Å². The van der Waals surface area contributed by atoms with E-state index in [0.717, 1.165) is 66.0 Å². The maximum Gasteiger partial charge on any atom is 0.340 e. The van der Waals surface area contributed by atoms with Crippen LogP contribution in [0, 0.1) is 0 Å². The number of cyclic esters (lactones) is 1. The quantitative estimate of drug-likeness (QED) is 0.198. The first-order valence-corrected chi connectivity index (χ1v) is 14.3. The number of ether oxygens (including phenoxy) is 1. The summed E-state index contributed by atoms with van der Waals surface area (Å²) in [6, 6.07) is 35.4. The van der Waals surface area contributed by atoms with Gasteiger partial charge in [-0.05, 0) is 48.5 Å². The Hall–Kier alpha value is -5.55. The van der Waals surface area contributed by atoms with E-state index in [1.807, 2.05) is 55.7 Å². The van der Waals surface area contributed by atoms with Gasteiger partial charge >= 0.3 is 5.97 Å². The van der Waals surface area contributed by atoms with Crippen molar-refractivity contribution < 1.29 is 9.53 Å². The number of nitrogens with zero attached hydrogens (tertiary/aromatic N) is 3. The molecule has 0 atom stereocenters. The average molecular weight is 560 g/mol. The van der Waals surface area contributed by atoms with Crippen LogP contribution in [0.4, 0.5) is 5.69 Å². The number of para-hydroxylation sites is 2. The van der Waals surface area contributed by atoms with Crippen molar-refractivity contribution in [3.05, 3.63) is 139 Å². The highest BCUT2D eigenvalue weighted by atomic mass is 16.6. The largest absolute Gasteiger partial charge is 0.441 e. The van der Waals surface area contributed by atoms with Crippen molar-refractivity contribution in [2.24, 2.45) is 0 Å². The molecule has 5 heteroatoms. The van der Waals surface area contributed by atoms with Gasteiger partial charge in [-0.25, -0.2) is 4.79 Å². The number of rotatable bonds is 5. The van der Waals surface area contributed by atoms with E-state index >= 15 is 0 Å². The Bertz CT molecular complexity index is 2190. The molecule has 0 saturated heterocycles. The van der Waals surface area contributed by atoms with Crippen molar-refractivity contribution in [1.82, 2.24) is 9.13 Å². The molecule has 43 heavy (non-hydrogen) atoms. The van der Waals surface area contributed by atoms with Crippen LogP contribution in [0.25, 0.3) is 56.0 Å². The molecule has 208 valence electrons. The Morgan fingerprint density at radius 2 is 1.16 bits per heavy atom. The van der Waals surface area contributed by atoms with E-state index < -0.39 is 5.60 Å². The second-order valence-corrected chi connectivity index (χ2v) is 11.3. The number of aromatic nitrogens is 2. The summed E-state index contributed by atoms with van der Waals surface area (Å²) in [6.45, 7) is 8.14. The van der Waals surface area contributed by atoms with Gasteiger partial charge in [-0.3, -0.25) is 0 Å². The minimum Gasteiger partial charge on any atom is -0.441 e. The predicted molar refractivity (Wildman–Crippen MR) is 178 cm³/mol. The first kappa shape index (κ1) is 25.2. The molecule has 7 aromatic rings. The summed E-state index contributed by atoms with van der Waals surface area (Å²) in [7, 11) is 3.95. The molecule has 0 radical (unpaired) electrons. The van der Waals surface area contributed by atoms with E-state index in [1.165, 1.54) is 0 Å². The average Bonchev–Trinajstić information content (AvgIpc) is 3.65. The summed E-state index contributed by atoms with van der Waals surface area (Å²) in [4.78, 5) is 15.8. The van der Waals surface area contributed by atoms with Crippen LogP contribution in [-0.4, -0.2) is 29.2 Å². The monoisotopic (exact) mass is 559 g/mol. The van der Waals surface area contributed by atoms with Crippen LogP contribution in [0.1, 0.15) is 27.0 Å². The lowest BCUT2D eigenvalue weighted by molar-refractivity contribution is 0.0252. The highest BCUT2D eigenvalue weighted by Crippen LogP contribution is 2.50. The van der Waals surface area contributed by atoms with E-state index in [2.05, 4.69) is 101 Å². The molecule has 0 unspecified atom stereocenters. The molecule has 0 saturated carbocycles. The number of carbonyl (C=O) groups is 1. The second kappa shape index (κ2) is 8.97. The summed E-state index contributed by atoms with van der Waals surface area (Å²) in [5.74, 6) is -0.332. The third-order valence-electron chi connectivity index (χ3n) is 8.96. The minimum absolute atomic E-state index is 0.332. The minimum atomic E-state index is -1.14. The second-order valence-electron chi connectivity index (χ2n) is 11.3. The van der Waals surface area contributed by atoms with Gasteiger partial charge in [-0.1, -0.05) is 67.8 Å². The van der Waals surface area contributed by atoms with E-state index in [4.69, 9.17) is 4.74 Å². The van der Waals surface area contributed by atoms with Crippen molar-refractivity contribution in [3.8, 4) is 0 Å². The van der Waals surface area contributed by atoms with Gasteiger partial charge in [0.25, 0.3) is 0 Å². The van der Waals surface area contributed by atoms with Crippen LogP contribution in [-0.2, 0) is 10.3 Å². The van der Waals surface area contributed by atoms with Crippen molar-refractivity contribution in [2.45, 2.75) is 5.60 Å². The van der Waals surface area contributed by atoms with Gasteiger partial charge in [0, 0.05) is 70.4 Å². The molecule has 5 nitrogen and oxygen atoms in total. The Labute approximate surface area is 249 Å². The zero-order valence-corrected chi connectivity index (χ0v) is 24.0. The summed E-state index contributed by atoms with van der Waals surface area (Å²) in [5, 5.41) is 4.38. The molecule has 0 N–H and O–H groups in total. The van der Waals surface area contributed by atoms with Gasteiger partial charge in [0.15, 0.2) is 5.60 Å². The molecule has 8 rings (SSSR count). The Kier molecular flexibility index (Phi) is 5.25. The van der Waals surface area contributed by atoms with E-state index in [-0.39, 0.29) is 5.97 Å². The smallest absolute Gasteiger partial charge is 0.340 e. The fourth-order valence-electron chi connectivity index (χ4n) is 6.97. The number of esters is 1. The molecule has 1 aliphatic rings. The van der Waals surface area contributed by atoms with Gasteiger partial charge in [0.1, 0.15) is 0 Å². The van der Waals surface area contributed by atoms with Crippen molar-refractivity contribution in [2.75, 3.05) is 19.0 Å². The fraction of sp³-hybridized carbons (Fsp3) is 0.0789. The van der Waals surface area contributed by atoms with E-state index in [0.29, 0.717) is 5.56 Å². The van der Waals surface area contributed by atoms with Gasteiger partial charge in [-0.2, -0.15) is 0 Å². The molecular formula is C38H29N3O2. The van der Waals surface area contributed by atoms with E-state index in [1.54, 1.807) is 0 Å². The van der Waals surface area contributed by atoms with Gasteiger partial charge in [0.2, 0.25) is 0 Å². The van der Waals surface area contributed by atoms with Crippen molar-refractivity contribution in [1.29, 1.82) is 0 Å². The lowest BCUT2D eigenvalue weighted by atomic mass is 9.79. The molecule has 0 spiro atoms. The number of anilines is 1. The van der Waals surface area contributed by atoms with Gasteiger partial charge < -0.3 is 18.8 Å². The first-order chi connectivity index (χ1) is 21.0. The van der Waals surface area contributed by atoms with Crippen LogP contribution >= 0.6 is 0 Å². The number of benzene rings is 5. The molecule has 0 fully saturated rings. The standard InChI is InChI=1S/C38H29N3O2/c1-5-40-33-13-9-7-11-27(33)29-21-24(15-19-35(29)40)38(32-18-17-26(39(3)4)23-31(32)37(42)43-38)25-16-20-36-30(22-25)28-12-8-10-14-34(28)41(36)6-2/h5-23H,1-2H2,3-4H3. The zero-order valence-electron chi connectivity index (χ0n) is 24.0. The molecule has 0 bridgehead atoms. The maximum absolute atomic E-state index is 13.8. The molecule has 1 aliphatic heterocycles. The van der Waals surface area contributed by atoms with Gasteiger partial charge in [0.05, 0.1) is 27.6 Å². The highest BCUT2D eigenvalue weighted by molar-refractivity contribution is 6.11. The summed E-state index contributed by atoms with van der Waals surface area (Å²) >= 11 is 0. The van der Waals surface area contributed by atoms with Crippen LogP contribution in [0.2, 0.25) is 0 Å². The van der Waals surface area contributed by atoms with Crippen LogP contribution in [0.3, 0.4) is 0 Å². The third-order valence-corrected chi connectivity index (χ3v) is 8.96. The summed E-state index contributed by atoms with van der Waals surface area (Å²) in [6.07, 6.45) is 3.69. The highest BCUT2D eigenvalue weighted by Gasteiger charge is 2.49. The number of fused-ring (bicyclic) bond motifs is 7. The molecule has 5 aromatic carbocycles. The number of carbonyl (C=O) groups excluding carboxylic acids is 1. The lowest BCUT2D eigenvalue weighted by Gasteiger charge is -2.31. The normalized spacial score (nSPS) is 14.0. The zero-order chi connectivity index (χ0) is 29.5. The Balaban J connectivity index is 1.47. The number of hydrogen-bond acceptors (Lipinski definition) is 3.